The third-order valence-electron chi connectivity index (χ3n) is 3.78. The van der Waals surface area contributed by atoms with Crippen LogP contribution in [0, 0.1) is 0 Å². The van der Waals surface area contributed by atoms with Crippen molar-refractivity contribution >= 4 is 6.08 Å². The van der Waals surface area contributed by atoms with Crippen LogP contribution in [0.3, 0.4) is 0 Å². The van der Waals surface area contributed by atoms with E-state index in [1.54, 1.807) is 0 Å². The smallest absolute Gasteiger partial charge is 0.0439 e. The number of rotatable bonds is 6. The summed E-state index contributed by atoms with van der Waals surface area (Å²) in [6.07, 6.45) is 5.12. The number of allylic oxidation sites excluding steroid dienone is 1. The van der Waals surface area contributed by atoms with Gasteiger partial charge in [-0.2, -0.15) is 0 Å². The van der Waals surface area contributed by atoms with Gasteiger partial charge in [0.25, 0.3) is 0 Å². The molecule has 0 aliphatic heterocycles. The van der Waals surface area contributed by atoms with Gasteiger partial charge >= 0.3 is 0 Å². The summed E-state index contributed by atoms with van der Waals surface area (Å²) in [6.45, 7) is 4.64. The Bertz CT molecular complexity index is 569. The van der Waals surface area contributed by atoms with Crippen LogP contribution in [-0.4, -0.2) is 11.7 Å². The van der Waals surface area contributed by atoms with Gasteiger partial charge in [0, 0.05) is 12.5 Å². The van der Waals surface area contributed by atoms with Crippen molar-refractivity contribution in [3.8, 4) is 0 Å². The molecule has 1 nitrogen and oxygen atoms in total. The summed E-state index contributed by atoms with van der Waals surface area (Å²) < 4.78 is 0. The Labute approximate surface area is 128 Å². The summed E-state index contributed by atoms with van der Waals surface area (Å²) in [5.41, 5.74) is 3.89. The van der Waals surface area contributed by atoms with E-state index in [0.29, 0.717) is 5.92 Å². The summed E-state index contributed by atoms with van der Waals surface area (Å²) >= 11 is 0. The van der Waals surface area contributed by atoms with E-state index in [1.807, 2.05) is 18.2 Å². The molecule has 2 aromatic carbocycles. The maximum absolute atomic E-state index is 9.39. The zero-order chi connectivity index (χ0) is 15.1. The second-order valence-corrected chi connectivity index (χ2v) is 5.67. The van der Waals surface area contributed by atoms with Crippen molar-refractivity contribution in [1.82, 2.24) is 0 Å². The highest BCUT2D eigenvalue weighted by atomic mass is 16.3. The predicted molar refractivity (Wildman–Crippen MR) is 90.5 cm³/mol. The van der Waals surface area contributed by atoms with E-state index >= 15 is 0 Å². The first kappa shape index (κ1) is 15.5. The summed E-state index contributed by atoms with van der Waals surface area (Å²) in [4.78, 5) is 0. The van der Waals surface area contributed by atoms with Gasteiger partial charge in [-0.25, -0.2) is 0 Å². The molecule has 21 heavy (non-hydrogen) atoms. The molecule has 1 unspecified atom stereocenters. The third-order valence-corrected chi connectivity index (χ3v) is 3.78. The normalized spacial score (nSPS) is 13.0. The van der Waals surface area contributed by atoms with E-state index < -0.39 is 0 Å². The van der Waals surface area contributed by atoms with Crippen LogP contribution in [0.25, 0.3) is 6.08 Å². The molecule has 0 heterocycles. The van der Waals surface area contributed by atoms with E-state index in [4.69, 9.17) is 0 Å². The molecule has 0 radical (unpaired) electrons. The molecule has 0 aliphatic rings. The average Bonchev–Trinajstić information content (AvgIpc) is 2.52. The molecular weight excluding hydrogens is 256 g/mol. The third kappa shape index (κ3) is 4.30. The molecule has 0 saturated carbocycles. The molecule has 0 aromatic heterocycles. The maximum atomic E-state index is 9.39. The zero-order valence-electron chi connectivity index (χ0n) is 12.9. The molecule has 0 saturated heterocycles. The molecule has 110 valence electrons. The van der Waals surface area contributed by atoms with Crippen molar-refractivity contribution in [1.29, 1.82) is 0 Å². The lowest BCUT2D eigenvalue weighted by Crippen LogP contribution is -2.04. The van der Waals surface area contributed by atoms with Crippen LogP contribution in [-0.2, 0) is 0 Å². The van der Waals surface area contributed by atoms with Gasteiger partial charge in [-0.1, -0.05) is 80.6 Å². The number of hydrogen-bond acceptors (Lipinski definition) is 1. The van der Waals surface area contributed by atoms with E-state index in [2.05, 4.69) is 62.4 Å². The minimum absolute atomic E-state index is 0.205. The van der Waals surface area contributed by atoms with Crippen molar-refractivity contribution in [3.05, 3.63) is 77.4 Å². The van der Waals surface area contributed by atoms with Crippen LogP contribution in [0.5, 0.6) is 0 Å². The fraction of sp³-hybridized carbons (Fsp3) is 0.300. The van der Waals surface area contributed by atoms with E-state index in [1.165, 1.54) is 16.7 Å². The van der Waals surface area contributed by atoms with Crippen molar-refractivity contribution in [2.75, 3.05) is 6.61 Å². The number of hydrogen-bond donors (Lipinski definition) is 1. The van der Waals surface area contributed by atoms with Crippen molar-refractivity contribution < 1.29 is 5.11 Å². The lowest BCUT2D eigenvalue weighted by atomic mass is 9.86. The first-order chi connectivity index (χ1) is 10.2. The standard InChI is InChI=1S/C20H24O/c1-16(2)19-10-6-7-11-20(19)18(14-15-21)13-12-17-8-4-3-5-9-17/h3-13,16,18,21H,14-15H2,1-2H3. The second kappa shape index (κ2) is 7.80. The average molecular weight is 280 g/mol. The van der Waals surface area contributed by atoms with Gasteiger partial charge < -0.3 is 5.11 Å². The highest BCUT2D eigenvalue weighted by Crippen LogP contribution is 2.29. The Kier molecular flexibility index (Phi) is 5.77. The van der Waals surface area contributed by atoms with Crippen molar-refractivity contribution in [2.24, 2.45) is 0 Å². The molecule has 1 heteroatoms. The molecule has 0 aliphatic carbocycles. The molecular formula is C20H24O. The SMILES string of the molecule is CC(C)c1ccccc1C(C=Cc1ccccc1)CCO. The molecule has 0 amide bonds. The molecule has 0 bridgehead atoms. The Morgan fingerprint density at radius 1 is 0.905 bits per heavy atom. The van der Waals surface area contributed by atoms with Crippen LogP contribution in [0.1, 0.15) is 48.8 Å². The molecule has 0 fully saturated rings. The van der Waals surface area contributed by atoms with Crippen molar-refractivity contribution in [2.45, 2.75) is 32.1 Å². The quantitative estimate of drug-likeness (QED) is 0.790. The first-order valence-electron chi connectivity index (χ1n) is 7.65. The highest BCUT2D eigenvalue weighted by molar-refractivity contribution is 5.51. The van der Waals surface area contributed by atoms with Gasteiger partial charge in [0.2, 0.25) is 0 Å². The minimum Gasteiger partial charge on any atom is -0.396 e. The fourth-order valence-corrected chi connectivity index (χ4v) is 2.66. The molecule has 1 N–H and O–H groups in total. The highest BCUT2D eigenvalue weighted by Gasteiger charge is 2.13. The Balaban J connectivity index is 2.29. The van der Waals surface area contributed by atoms with E-state index in [0.717, 1.165) is 6.42 Å². The molecule has 2 rings (SSSR count). The van der Waals surface area contributed by atoms with Crippen molar-refractivity contribution in [3.63, 3.8) is 0 Å². The van der Waals surface area contributed by atoms with Crippen LogP contribution >= 0.6 is 0 Å². The maximum Gasteiger partial charge on any atom is 0.0439 e. The first-order valence-corrected chi connectivity index (χ1v) is 7.65. The van der Waals surface area contributed by atoms with Gasteiger partial charge in [-0.05, 0) is 29.0 Å². The van der Waals surface area contributed by atoms with E-state index in [-0.39, 0.29) is 12.5 Å². The van der Waals surface area contributed by atoms with Crippen LogP contribution in [0.15, 0.2) is 60.7 Å². The Morgan fingerprint density at radius 3 is 2.14 bits per heavy atom. The second-order valence-electron chi connectivity index (χ2n) is 5.67. The summed E-state index contributed by atoms with van der Waals surface area (Å²) in [6, 6.07) is 18.9. The molecule has 2 aromatic rings. The Hall–Kier alpha value is -1.86. The summed E-state index contributed by atoms with van der Waals surface area (Å²) in [5.74, 6) is 0.751. The summed E-state index contributed by atoms with van der Waals surface area (Å²) in [5, 5.41) is 9.39. The molecule has 1 atom stereocenters. The lowest BCUT2D eigenvalue weighted by molar-refractivity contribution is 0.282. The molecule has 0 spiro atoms. The van der Waals surface area contributed by atoms with E-state index in [9.17, 15) is 5.11 Å². The summed E-state index contributed by atoms with van der Waals surface area (Å²) in [7, 11) is 0. The van der Waals surface area contributed by atoms with Crippen LogP contribution in [0.4, 0.5) is 0 Å². The lowest BCUT2D eigenvalue weighted by Gasteiger charge is -2.19. The topological polar surface area (TPSA) is 20.2 Å². The fourth-order valence-electron chi connectivity index (χ4n) is 2.66. The van der Waals surface area contributed by atoms with Gasteiger partial charge in [-0.3, -0.25) is 0 Å². The monoisotopic (exact) mass is 280 g/mol. The number of aliphatic hydroxyl groups excluding tert-OH is 1. The largest absolute Gasteiger partial charge is 0.396 e. The van der Waals surface area contributed by atoms with Gasteiger partial charge in [0.1, 0.15) is 0 Å². The number of benzene rings is 2. The van der Waals surface area contributed by atoms with Crippen LogP contribution in [0.2, 0.25) is 0 Å². The number of aliphatic hydroxyl groups is 1. The zero-order valence-corrected chi connectivity index (χ0v) is 12.9. The van der Waals surface area contributed by atoms with Gasteiger partial charge in [0.05, 0.1) is 0 Å². The minimum atomic E-state index is 0.205. The van der Waals surface area contributed by atoms with Gasteiger partial charge in [-0.15, -0.1) is 0 Å². The predicted octanol–water partition coefficient (Wildman–Crippen LogP) is 4.99. The van der Waals surface area contributed by atoms with Crippen LogP contribution < -0.4 is 0 Å². The van der Waals surface area contributed by atoms with Gasteiger partial charge in [0.15, 0.2) is 0 Å². The Morgan fingerprint density at radius 2 is 1.52 bits per heavy atom.